The highest BCUT2D eigenvalue weighted by atomic mass is 32.2. The Labute approximate surface area is 229 Å². The van der Waals surface area contributed by atoms with E-state index in [9.17, 15) is 13.2 Å². The van der Waals surface area contributed by atoms with Crippen LogP contribution in [0.15, 0.2) is 47.6 Å². The Morgan fingerprint density at radius 2 is 1.95 bits per heavy atom. The lowest BCUT2D eigenvalue weighted by atomic mass is 10.1. The van der Waals surface area contributed by atoms with Crippen molar-refractivity contribution in [1.29, 1.82) is 0 Å². The molecule has 1 aliphatic carbocycles. The minimum Gasteiger partial charge on any atom is -0.465 e. The van der Waals surface area contributed by atoms with Gasteiger partial charge in [-0.1, -0.05) is 31.8 Å². The lowest BCUT2D eigenvalue weighted by Crippen LogP contribution is -2.31. The highest BCUT2D eigenvalue weighted by Gasteiger charge is 2.30. The van der Waals surface area contributed by atoms with E-state index in [1.807, 2.05) is 16.7 Å². The number of aromatic nitrogens is 4. The standard InChI is InChI=1S/C27H35N5O5SSi/c1-38(35,36)22-7-5-6-18(13-22)23-14-24-26(31(23)17-37-10-11-39(2,3)4)29-16-21-15-28-25(32(21)24)19-8-9-20(12-19)30-27(33)34/h5-7,13-16,19-20,30H,8-12,17H2,1-4H3,(H,33,34). The van der Waals surface area contributed by atoms with Gasteiger partial charge in [0.1, 0.15) is 12.6 Å². The van der Waals surface area contributed by atoms with E-state index in [2.05, 4.69) is 29.4 Å². The van der Waals surface area contributed by atoms with E-state index in [0.717, 1.165) is 47.0 Å². The quantitative estimate of drug-likeness (QED) is 0.215. The van der Waals surface area contributed by atoms with Gasteiger partial charge in [-0.2, -0.15) is 0 Å². The second-order valence-electron chi connectivity index (χ2n) is 11.6. The molecule has 0 radical (unpaired) electrons. The molecule has 2 N–H and O–H groups in total. The second-order valence-corrected chi connectivity index (χ2v) is 19.2. The largest absolute Gasteiger partial charge is 0.465 e. The van der Waals surface area contributed by atoms with Gasteiger partial charge in [-0.25, -0.2) is 23.2 Å². The predicted octanol–water partition coefficient (Wildman–Crippen LogP) is 4.97. The summed E-state index contributed by atoms with van der Waals surface area (Å²) in [5, 5.41) is 11.8. The summed E-state index contributed by atoms with van der Waals surface area (Å²) in [5.74, 6) is 0.976. The third-order valence-corrected chi connectivity index (χ3v) is 10.1. The molecule has 0 bridgehead atoms. The maximum absolute atomic E-state index is 12.3. The summed E-state index contributed by atoms with van der Waals surface area (Å²) >= 11 is 0. The van der Waals surface area contributed by atoms with Crippen LogP contribution in [-0.2, 0) is 21.3 Å². The lowest BCUT2D eigenvalue weighted by Gasteiger charge is -2.17. The summed E-state index contributed by atoms with van der Waals surface area (Å²) in [6.45, 7) is 7.84. The molecule has 2 unspecified atom stereocenters. The monoisotopic (exact) mass is 569 g/mol. The second kappa shape index (κ2) is 10.4. The molecule has 39 heavy (non-hydrogen) atoms. The third-order valence-electron chi connectivity index (χ3n) is 7.33. The van der Waals surface area contributed by atoms with Crippen LogP contribution in [0.25, 0.3) is 27.9 Å². The molecule has 3 aromatic heterocycles. The van der Waals surface area contributed by atoms with Crippen LogP contribution in [0.3, 0.4) is 0 Å². The van der Waals surface area contributed by atoms with Gasteiger partial charge in [0, 0.05) is 32.9 Å². The molecule has 4 aromatic rings. The molecule has 1 fully saturated rings. The zero-order chi connectivity index (χ0) is 27.9. The summed E-state index contributed by atoms with van der Waals surface area (Å²) in [5.41, 5.74) is 3.97. The Balaban J connectivity index is 1.61. The van der Waals surface area contributed by atoms with E-state index in [4.69, 9.17) is 19.8 Å². The summed E-state index contributed by atoms with van der Waals surface area (Å²) in [6, 6.07) is 9.88. The first-order chi connectivity index (χ1) is 18.4. The molecule has 1 amide bonds. The molecule has 1 saturated carbocycles. The van der Waals surface area contributed by atoms with E-state index in [1.165, 1.54) is 6.26 Å². The molecular formula is C27H35N5O5SSi. The van der Waals surface area contributed by atoms with Crippen LogP contribution in [0.4, 0.5) is 4.79 Å². The van der Waals surface area contributed by atoms with Crippen molar-refractivity contribution in [3.8, 4) is 11.3 Å². The molecule has 208 valence electrons. The fourth-order valence-corrected chi connectivity index (χ4v) is 6.71. The Kier molecular flexibility index (Phi) is 7.29. The van der Waals surface area contributed by atoms with Crippen LogP contribution < -0.4 is 5.32 Å². The number of nitrogens with one attached hydrogen (secondary N) is 1. The van der Waals surface area contributed by atoms with Crippen LogP contribution in [-0.4, -0.2) is 65.5 Å². The maximum Gasteiger partial charge on any atom is 0.404 e. The van der Waals surface area contributed by atoms with E-state index in [0.29, 0.717) is 18.7 Å². The number of nitrogens with zero attached hydrogens (tertiary/aromatic N) is 4. The molecule has 0 spiro atoms. The molecule has 3 heterocycles. The number of imidazole rings is 1. The first kappa shape index (κ1) is 27.3. The predicted molar refractivity (Wildman–Crippen MR) is 153 cm³/mol. The van der Waals surface area contributed by atoms with Crippen LogP contribution in [0, 0.1) is 0 Å². The molecule has 10 nitrogen and oxygen atoms in total. The van der Waals surface area contributed by atoms with Crippen molar-refractivity contribution in [1.82, 2.24) is 24.3 Å². The summed E-state index contributed by atoms with van der Waals surface area (Å²) in [6.07, 6.45) is 6.05. The number of hydrogen-bond acceptors (Lipinski definition) is 6. The van der Waals surface area contributed by atoms with E-state index in [-0.39, 0.29) is 23.6 Å². The maximum atomic E-state index is 12.3. The fraction of sp³-hybridized carbons (Fsp3) is 0.444. The van der Waals surface area contributed by atoms with Crippen molar-refractivity contribution in [3.63, 3.8) is 0 Å². The lowest BCUT2D eigenvalue weighted by molar-refractivity contribution is 0.0909. The molecular weight excluding hydrogens is 534 g/mol. The summed E-state index contributed by atoms with van der Waals surface area (Å²) in [4.78, 5) is 20.9. The number of amides is 1. The van der Waals surface area contributed by atoms with Gasteiger partial charge < -0.3 is 19.7 Å². The average Bonchev–Trinajstić information content (AvgIpc) is 3.57. The number of carboxylic acid groups (broad SMARTS) is 1. The van der Waals surface area contributed by atoms with Crippen molar-refractivity contribution >= 4 is 40.7 Å². The van der Waals surface area contributed by atoms with E-state index >= 15 is 0 Å². The number of rotatable bonds is 9. The molecule has 12 heteroatoms. The topological polar surface area (TPSA) is 128 Å². The Bertz CT molecular complexity index is 1640. The van der Waals surface area contributed by atoms with Crippen molar-refractivity contribution in [2.75, 3.05) is 12.9 Å². The number of sulfone groups is 1. The van der Waals surface area contributed by atoms with Gasteiger partial charge in [0.25, 0.3) is 0 Å². The van der Waals surface area contributed by atoms with Gasteiger partial charge in [-0.15, -0.1) is 0 Å². The average molecular weight is 570 g/mol. The van der Waals surface area contributed by atoms with Gasteiger partial charge >= 0.3 is 6.09 Å². The highest BCUT2D eigenvalue weighted by Crippen LogP contribution is 2.36. The van der Waals surface area contributed by atoms with Crippen molar-refractivity contribution < 1.29 is 23.1 Å². The number of benzene rings is 1. The zero-order valence-corrected chi connectivity index (χ0v) is 24.5. The first-order valence-corrected chi connectivity index (χ1v) is 18.7. The molecule has 0 saturated heterocycles. The summed E-state index contributed by atoms with van der Waals surface area (Å²) in [7, 11) is -4.66. The van der Waals surface area contributed by atoms with Crippen LogP contribution in [0.2, 0.25) is 25.7 Å². The minimum absolute atomic E-state index is 0.100. The van der Waals surface area contributed by atoms with Gasteiger partial charge in [0.05, 0.1) is 34.0 Å². The molecule has 5 rings (SSSR count). The number of carbonyl (C=O) groups is 1. The van der Waals surface area contributed by atoms with Crippen molar-refractivity contribution in [2.24, 2.45) is 0 Å². The van der Waals surface area contributed by atoms with Gasteiger partial charge in [0.15, 0.2) is 15.5 Å². The molecule has 1 aliphatic rings. The highest BCUT2D eigenvalue weighted by molar-refractivity contribution is 7.90. The van der Waals surface area contributed by atoms with E-state index in [1.54, 1.807) is 30.6 Å². The number of fused-ring (bicyclic) bond motifs is 3. The van der Waals surface area contributed by atoms with Gasteiger partial charge in [0.2, 0.25) is 0 Å². The van der Waals surface area contributed by atoms with Crippen LogP contribution in [0.1, 0.15) is 31.0 Å². The third kappa shape index (κ3) is 5.87. The Morgan fingerprint density at radius 1 is 1.18 bits per heavy atom. The van der Waals surface area contributed by atoms with Crippen LogP contribution >= 0.6 is 0 Å². The summed E-state index contributed by atoms with van der Waals surface area (Å²) < 4.78 is 34.9. The fourth-order valence-electron chi connectivity index (χ4n) is 5.29. The van der Waals surface area contributed by atoms with Gasteiger partial charge in [-0.05, 0) is 49.1 Å². The molecule has 2 atom stereocenters. The minimum atomic E-state index is -3.39. The zero-order valence-electron chi connectivity index (χ0n) is 22.7. The normalized spacial score (nSPS) is 18.3. The first-order valence-electron chi connectivity index (χ1n) is 13.1. The Hall–Kier alpha value is -3.22. The number of hydrogen-bond donors (Lipinski definition) is 2. The van der Waals surface area contributed by atoms with Crippen LogP contribution in [0.5, 0.6) is 0 Å². The Morgan fingerprint density at radius 3 is 2.67 bits per heavy atom. The molecule has 0 aliphatic heterocycles. The van der Waals surface area contributed by atoms with Gasteiger partial charge in [-0.3, -0.25) is 4.40 Å². The number of ether oxygens (including phenoxy) is 1. The van der Waals surface area contributed by atoms with Crippen molar-refractivity contribution in [2.45, 2.75) is 68.5 Å². The van der Waals surface area contributed by atoms with Crippen molar-refractivity contribution in [3.05, 3.63) is 48.5 Å². The smallest absolute Gasteiger partial charge is 0.404 e. The van der Waals surface area contributed by atoms with E-state index < -0.39 is 24.0 Å². The molecule has 1 aromatic carbocycles. The SMILES string of the molecule is C[Si](C)(C)CCOCn1c(-c2cccc(S(C)(=O)=O)c2)cc2c1ncc1cnc(C3CCC(NC(=O)O)C3)n12.